The highest BCUT2D eigenvalue weighted by atomic mass is 16.8. The SMILES string of the molecule is CC(=O)NC1C2OCC(COCCOCCOCCOCCn3cc(COCC(N)(COCc4cn(CCOCCOCCOCCOCC56COC(O5)C(NC(C)=O)C(O)C6O)nn4)COCc4cn(CCOCCOCCOCCOCC56COC(O5)C(NC(C)=O)C(O)C6O)nn4)nn3)(O2)C(O)C1O. The van der Waals surface area contributed by atoms with Gasteiger partial charge in [0, 0.05) is 20.8 Å². The maximum absolute atomic E-state index is 11.5. The minimum Gasteiger partial charge on any atom is -0.388 e. The number of rotatable bonds is 57. The number of amides is 3. The lowest BCUT2D eigenvalue weighted by Crippen LogP contribution is -2.66. The van der Waals surface area contributed by atoms with Crippen molar-refractivity contribution < 1.29 is 144 Å². The summed E-state index contributed by atoms with van der Waals surface area (Å²) in [4.78, 5) is 34.6. The van der Waals surface area contributed by atoms with Crippen molar-refractivity contribution in [3.63, 3.8) is 0 Å². The first-order valence-corrected chi connectivity index (χ1v) is 35.7. The summed E-state index contributed by atoms with van der Waals surface area (Å²) in [5.74, 6) is -1.15. The Balaban J connectivity index is 0.606. The van der Waals surface area contributed by atoms with E-state index in [2.05, 4.69) is 46.9 Å². The van der Waals surface area contributed by atoms with Crippen LogP contribution in [0.4, 0.5) is 0 Å². The third-order valence-electron chi connectivity index (χ3n) is 17.7. The Hall–Kier alpha value is -5.29. The van der Waals surface area contributed by atoms with Crippen LogP contribution in [0.3, 0.4) is 0 Å². The van der Waals surface area contributed by atoms with Crippen LogP contribution in [0.5, 0.6) is 0 Å². The number of aromatic nitrogens is 9. The second-order valence-corrected chi connectivity index (χ2v) is 26.5. The standard InChI is InChI=1S/C64H107N13O30/c1-43(78)66-49-52(81)55(84)62(40-102-58(49)105-62)37-96-25-22-93-19-16-90-13-10-87-7-4-75-28-46(69-72-75)31-99-34-61(65,35-100-32-47-29-76(73-70-47)5-8-88-11-14-91-17-20-94-23-26-97-38-63-41-103-59(106-63)50(67-44(2)79)53(82)56(63)85)36-101-33-48-30-77(74-71-48)6-9-89-12-15-92-18-21-95-24-27-98-39-64-42-104-60(107-64)51(68-45(3)80)54(83)57(64)86/h28-30,49-60,81-86H,4-27,31-42,65H2,1-3H3,(H,66,78)(H,67,79)(H,68,80). The second-order valence-electron chi connectivity index (χ2n) is 26.5. The molecule has 3 amide bonds. The fraction of sp³-hybridized carbons (Fsp3) is 0.859. The summed E-state index contributed by atoms with van der Waals surface area (Å²) in [5, 5.41) is 96.8. The molecule has 6 bridgehead atoms. The van der Waals surface area contributed by atoms with E-state index in [0.29, 0.717) is 136 Å². The van der Waals surface area contributed by atoms with E-state index in [9.17, 15) is 45.0 Å². The molecule has 43 nitrogen and oxygen atoms in total. The van der Waals surface area contributed by atoms with Gasteiger partial charge in [-0.05, 0) is 0 Å². The smallest absolute Gasteiger partial charge is 0.217 e. The quantitative estimate of drug-likeness (QED) is 0.0235. The fourth-order valence-electron chi connectivity index (χ4n) is 12.1. The van der Waals surface area contributed by atoms with Gasteiger partial charge in [-0.2, -0.15) is 0 Å². The lowest BCUT2D eigenvalue weighted by atomic mass is 9.88. The van der Waals surface area contributed by atoms with Gasteiger partial charge in [0.2, 0.25) is 17.7 Å². The molecule has 9 rings (SSSR count). The number of nitrogens with zero attached hydrogens (tertiary/aromatic N) is 9. The summed E-state index contributed by atoms with van der Waals surface area (Å²) in [6, 6.07) is -2.68. The van der Waals surface area contributed by atoms with Crippen molar-refractivity contribution in [1.82, 2.24) is 60.9 Å². The molecule has 6 fully saturated rings. The van der Waals surface area contributed by atoms with Gasteiger partial charge in [0.15, 0.2) is 18.9 Å². The van der Waals surface area contributed by atoms with Crippen molar-refractivity contribution in [2.75, 3.05) is 198 Å². The molecule has 107 heavy (non-hydrogen) atoms. The van der Waals surface area contributed by atoms with Crippen LogP contribution in [-0.4, -0.2) is 388 Å². The first-order valence-electron chi connectivity index (χ1n) is 35.7. The lowest BCUT2D eigenvalue weighted by Gasteiger charge is -2.42. The number of carbonyl (C=O) groups excluding carboxylic acids is 3. The molecule has 6 saturated heterocycles. The maximum Gasteiger partial charge on any atom is 0.217 e. The van der Waals surface area contributed by atoms with Crippen LogP contribution < -0.4 is 21.7 Å². The van der Waals surface area contributed by atoms with Gasteiger partial charge in [-0.25, -0.2) is 14.0 Å². The van der Waals surface area contributed by atoms with E-state index in [1.54, 1.807) is 32.6 Å². The molecular weight excluding hydrogens is 1430 g/mol. The Morgan fingerprint density at radius 3 is 0.879 bits per heavy atom. The van der Waals surface area contributed by atoms with Gasteiger partial charge in [0.05, 0.1) is 262 Å². The van der Waals surface area contributed by atoms with Crippen LogP contribution in [0.25, 0.3) is 0 Å². The van der Waals surface area contributed by atoms with Crippen LogP contribution in [0.2, 0.25) is 0 Å². The van der Waals surface area contributed by atoms with Crippen LogP contribution >= 0.6 is 0 Å². The lowest BCUT2D eigenvalue weighted by molar-refractivity contribution is -0.238. The first-order chi connectivity index (χ1) is 51.8. The van der Waals surface area contributed by atoms with Gasteiger partial charge < -0.3 is 152 Å². The van der Waals surface area contributed by atoms with E-state index < -0.39 is 96.0 Å². The Morgan fingerprint density at radius 2 is 0.636 bits per heavy atom. The average Bonchev–Trinajstić information content (AvgIpc) is 1.64. The number of aliphatic hydroxyl groups is 6. The van der Waals surface area contributed by atoms with E-state index in [1.165, 1.54) is 20.8 Å². The molecule has 11 N–H and O–H groups in total. The fourth-order valence-corrected chi connectivity index (χ4v) is 12.1. The minimum absolute atomic E-state index is 0.000783. The Labute approximate surface area is 617 Å². The largest absolute Gasteiger partial charge is 0.388 e. The van der Waals surface area contributed by atoms with Crippen molar-refractivity contribution in [2.24, 2.45) is 5.73 Å². The molecule has 3 aromatic heterocycles. The molecule has 0 radical (unpaired) electrons. The molecule has 43 heteroatoms. The highest BCUT2D eigenvalue weighted by Gasteiger charge is 2.62. The van der Waals surface area contributed by atoms with Crippen LogP contribution in [0.1, 0.15) is 37.9 Å². The van der Waals surface area contributed by atoms with E-state index >= 15 is 0 Å². The predicted octanol–water partition coefficient (Wildman–Crippen LogP) is -7.64. The van der Waals surface area contributed by atoms with Gasteiger partial charge in [-0.3, -0.25) is 14.4 Å². The predicted molar refractivity (Wildman–Crippen MR) is 355 cm³/mol. The third kappa shape index (κ3) is 26.4. The summed E-state index contributed by atoms with van der Waals surface area (Å²) < 4.78 is 125. The normalized spacial score (nSPS) is 28.5. The van der Waals surface area contributed by atoms with E-state index in [4.69, 9.17) is 105 Å². The molecular formula is C64H107N13O30. The summed E-state index contributed by atoms with van der Waals surface area (Å²) in [5.41, 5.74) is 3.71. The van der Waals surface area contributed by atoms with Gasteiger partial charge in [-0.1, -0.05) is 15.6 Å². The molecule has 9 heterocycles. The number of nitrogens with one attached hydrogen (secondary N) is 3. The zero-order valence-electron chi connectivity index (χ0n) is 60.7. The summed E-state index contributed by atoms with van der Waals surface area (Å²) in [6.07, 6.45) is -5.29. The highest BCUT2D eigenvalue weighted by molar-refractivity contribution is 5.74. The number of aliphatic hydroxyl groups excluding tert-OH is 6. The van der Waals surface area contributed by atoms with Crippen molar-refractivity contribution in [1.29, 1.82) is 0 Å². The highest BCUT2D eigenvalue weighted by Crippen LogP contribution is 2.40. The topological polar surface area (TPSA) is 521 Å². The summed E-state index contributed by atoms with van der Waals surface area (Å²) in [6.45, 7) is 11.7. The van der Waals surface area contributed by atoms with Crippen LogP contribution in [-0.2, 0) is 153 Å². The number of fused-ring (bicyclic) bond motifs is 6. The Kier molecular flexibility index (Phi) is 35.3. The first kappa shape index (κ1) is 85.7. The van der Waals surface area contributed by atoms with Crippen molar-refractivity contribution in [2.45, 2.75) is 156 Å². The average molecular weight is 1540 g/mol. The number of ether oxygens (including phenoxy) is 21. The number of nitrogens with two attached hydrogens (primary N) is 1. The molecule has 3 aromatic rings. The number of hydrogen-bond donors (Lipinski definition) is 10. The maximum atomic E-state index is 11.5. The van der Waals surface area contributed by atoms with E-state index in [-0.39, 0.29) is 137 Å². The monoisotopic (exact) mass is 1540 g/mol. The molecule has 15 unspecified atom stereocenters. The van der Waals surface area contributed by atoms with Crippen molar-refractivity contribution >= 4 is 17.7 Å². The van der Waals surface area contributed by atoms with Gasteiger partial charge in [-0.15, -0.1) is 15.3 Å². The third-order valence-corrected chi connectivity index (χ3v) is 17.7. The van der Waals surface area contributed by atoms with Gasteiger partial charge in [0.25, 0.3) is 0 Å². The van der Waals surface area contributed by atoms with E-state index in [1.807, 2.05) is 0 Å². The van der Waals surface area contributed by atoms with Crippen LogP contribution in [0, 0.1) is 0 Å². The number of carbonyl (C=O) groups is 3. The molecule has 608 valence electrons. The van der Waals surface area contributed by atoms with Crippen molar-refractivity contribution in [3.05, 3.63) is 35.7 Å². The van der Waals surface area contributed by atoms with Crippen LogP contribution in [0.15, 0.2) is 18.6 Å². The second kappa shape index (κ2) is 44.1. The zero-order chi connectivity index (χ0) is 75.9. The molecule has 0 saturated carbocycles. The van der Waals surface area contributed by atoms with E-state index in [0.717, 1.165) is 0 Å². The summed E-state index contributed by atoms with van der Waals surface area (Å²) >= 11 is 0. The molecule has 0 aromatic carbocycles. The molecule has 0 aliphatic carbocycles. The molecule has 15 atom stereocenters. The summed E-state index contributed by atoms with van der Waals surface area (Å²) in [7, 11) is 0. The molecule has 0 spiro atoms. The Morgan fingerprint density at radius 1 is 0.402 bits per heavy atom. The van der Waals surface area contributed by atoms with Gasteiger partial charge in [0.1, 0.15) is 88.6 Å². The zero-order valence-corrected chi connectivity index (χ0v) is 60.7. The van der Waals surface area contributed by atoms with Crippen molar-refractivity contribution in [3.8, 4) is 0 Å². The Bertz CT molecular complexity index is 2750. The number of hydrogen-bond acceptors (Lipinski definition) is 37. The minimum atomic E-state index is -1.33. The molecule has 6 aliphatic rings. The molecule has 6 aliphatic heterocycles. The van der Waals surface area contributed by atoms with Gasteiger partial charge >= 0.3 is 0 Å².